The van der Waals surface area contributed by atoms with Gasteiger partial charge in [0.05, 0.1) is 12.2 Å². The first kappa shape index (κ1) is 10.1. The number of ether oxygens (including phenoxy) is 1. The quantitative estimate of drug-likeness (QED) is 0.638. The molecule has 0 radical (unpaired) electrons. The lowest BCUT2D eigenvalue weighted by molar-refractivity contribution is -0.0101. The van der Waals surface area contributed by atoms with Gasteiger partial charge >= 0.3 is 5.69 Å². The average Bonchev–Trinajstić information content (AvgIpc) is 2.46. The first-order valence-electron chi connectivity index (χ1n) is 4.73. The highest BCUT2D eigenvalue weighted by atomic mass is 16.5. The highest BCUT2D eigenvalue weighted by Crippen LogP contribution is 2.26. The maximum absolute atomic E-state index is 11.4. The Morgan fingerprint density at radius 1 is 1.60 bits per heavy atom. The Balaban J connectivity index is 2.32. The van der Waals surface area contributed by atoms with Crippen molar-refractivity contribution in [3.8, 4) is 0 Å². The predicted molar refractivity (Wildman–Crippen MR) is 51.5 cm³/mol. The largest absolute Gasteiger partial charge is 0.390 e. The van der Waals surface area contributed by atoms with Gasteiger partial charge in [0.15, 0.2) is 0 Å². The Labute approximate surface area is 85.1 Å². The molecule has 0 amide bonds. The SMILES string of the molecule is C[C@H]1O[C@@H](n2ccc(=O)[nH]c2=O)CC1O. The molecule has 1 aromatic heterocycles. The second kappa shape index (κ2) is 3.63. The van der Waals surface area contributed by atoms with Crippen molar-refractivity contribution in [2.75, 3.05) is 0 Å². The molecule has 0 aliphatic carbocycles. The first-order chi connectivity index (χ1) is 7.08. The van der Waals surface area contributed by atoms with Crippen molar-refractivity contribution in [2.24, 2.45) is 0 Å². The van der Waals surface area contributed by atoms with Gasteiger partial charge in [0.2, 0.25) is 0 Å². The fourth-order valence-corrected chi connectivity index (χ4v) is 1.63. The molecule has 0 spiro atoms. The second-order valence-corrected chi connectivity index (χ2v) is 3.62. The lowest BCUT2D eigenvalue weighted by Crippen LogP contribution is -2.31. The summed E-state index contributed by atoms with van der Waals surface area (Å²) in [6.07, 6.45) is 0.353. The van der Waals surface area contributed by atoms with Gasteiger partial charge in [-0.1, -0.05) is 0 Å². The summed E-state index contributed by atoms with van der Waals surface area (Å²) in [6.45, 7) is 1.74. The lowest BCUT2D eigenvalue weighted by Gasteiger charge is -2.12. The van der Waals surface area contributed by atoms with E-state index >= 15 is 0 Å². The van der Waals surface area contributed by atoms with Crippen LogP contribution in [0.1, 0.15) is 19.6 Å². The molecule has 82 valence electrons. The van der Waals surface area contributed by atoms with Crippen LogP contribution in [0.25, 0.3) is 0 Å². The van der Waals surface area contributed by atoms with E-state index in [1.807, 2.05) is 0 Å². The van der Waals surface area contributed by atoms with Gasteiger partial charge in [0.25, 0.3) is 5.56 Å². The van der Waals surface area contributed by atoms with E-state index in [1.165, 1.54) is 16.8 Å². The summed E-state index contributed by atoms with van der Waals surface area (Å²) < 4.78 is 6.64. The van der Waals surface area contributed by atoms with Crippen LogP contribution >= 0.6 is 0 Å². The predicted octanol–water partition coefficient (Wildman–Crippen LogP) is -0.795. The minimum atomic E-state index is -0.575. The van der Waals surface area contributed by atoms with E-state index in [9.17, 15) is 14.7 Å². The smallest absolute Gasteiger partial charge is 0.330 e. The molecule has 15 heavy (non-hydrogen) atoms. The molecular formula is C9H12N2O4. The summed E-state index contributed by atoms with van der Waals surface area (Å²) in [5.74, 6) is 0. The van der Waals surface area contributed by atoms with Gasteiger partial charge in [-0.15, -0.1) is 0 Å². The summed E-state index contributed by atoms with van der Waals surface area (Å²) in [6, 6.07) is 1.25. The van der Waals surface area contributed by atoms with E-state index in [0.29, 0.717) is 6.42 Å². The number of aliphatic hydroxyl groups is 1. The number of rotatable bonds is 1. The molecule has 0 saturated carbocycles. The summed E-state index contributed by atoms with van der Waals surface area (Å²) in [5.41, 5.74) is -0.961. The van der Waals surface area contributed by atoms with Crippen molar-refractivity contribution < 1.29 is 9.84 Å². The van der Waals surface area contributed by atoms with Crippen molar-refractivity contribution in [1.29, 1.82) is 0 Å². The van der Waals surface area contributed by atoms with E-state index in [4.69, 9.17) is 4.74 Å². The van der Waals surface area contributed by atoms with Crippen LogP contribution in [-0.4, -0.2) is 26.9 Å². The molecule has 1 unspecified atom stereocenters. The standard InChI is InChI=1S/C9H12N2O4/c1-5-6(12)4-8(15-5)11-3-2-7(13)10-9(11)14/h2-3,5-6,8,12H,4H2,1H3,(H,10,13,14)/t5-,6?,8-/m1/s1. The van der Waals surface area contributed by atoms with Gasteiger partial charge in [0, 0.05) is 18.7 Å². The van der Waals surface area contributed by atoms with E-state index in [0.717, 1.165) is 0 Å². The molecule has 2 rings (SSSR count). The molecule has 2 N–H and O–H groups in total. The first-order valence-corrected chi connectivity index (χ1v) is 4.73. The number of hydrogen-bond donors (Lipinski definition) is 2. The maximum atomic E-state index is 11.4. The number of aromatic nitrogens is 2. The Morgan fingerprint density at radius 3 is 2.87 bits per heavy atom. The van der Waals surface area contributed by atoms with Crippen molar-refractivity contribution in [2.45, 2.75) is 31.8 Å². The van der Waals surface area contributed by atoms with Crippen molar-refractivity contribution >= 4 is 0 Å². The normalized spacial score (nSPS) is 30.7. The summed E-state index contributed by atoms with van der Waals surface area (Å²) in [4.78, 5) is 24.3. The van der Waals surface area contributed by atoms with Crippen LogP contribution < -0.4 is 11.2 Å². The summed E-state index contributed by atoms with van der Waals surface area (Å²) in [7, 11) is 0. The van der Waals surface area contributed by atoms with Crippen molar-refractivity contribution in [1.82, 2.24) is 9.55 Å². The van der Waals surface area contributed by atoms with Gasteiger partial charge in [-0.2, -0.15) is 0 Å². The van der Waals surface area contributed by atoms with Gasteiger partial charge in [-0.05, 0) is 6.92 Å². The molecule has 6 heteroatoms. The lowest BCUT2D eigenvalue weighted by atomic mass is 10.2. The van der Waals surface area contributed by atoms with E-state index < -0.39 is 23.6 Å². The van der Waals surface area contributed by atoms with Crippen LogP contribution in [0.3, 0.4) is 0 Å². The molecule has 3 atom stereocenters. The van der Waals surface area contributed by atoms with Crippen LogP contribution in [0.2, 0.25) is 0 Å². The Morgan fingerprint density at radius 2 is 2.33 bits per heavy atom. The third-order valence-corrected chi connectivity index (χ3v) is 2.52. The molecule has 2 heterocycles. The van der Waals surface area contributed by atoms with Crippen LogP contribution in [0.15, 0.2) is 21.9 Å². The van der Waals surface area contributed by atoms with E-state index in [-0.39, 0.29) is 6.10 Å². The summed E-state index contributed by atoms with van der Waals surface area (Å²) in [5, 5.41) is 9.46. The average molecular weight is 212 g/mol. The molecular weight excluding hydrogens is 200 g/mol. The van der Waals surface area contributed by atoms with Gasteiger partial charge < -0.3 is 9.84 Å². The third kappa shape index (κ3) is 1.86. The zero-order valence-electron chi connectivity index (χ0n) is 8.21. The van der Waals surface area contributed by atoms with Crippen molar-refractivity contribution in [3.05, 3.63) is 33.1 Å². The highest BCUT2D eigenvalue weighted by Gasteiger charge is 2.32. The molecule has 6 nitrogen and oxygen atoms in total. The number of hydrogen-bond acceptors (Lipinski definition) is 4. The topological polar surface area (TPSA) is 84.3 Å². The van der Waals surface area contributed by atoms with Crippen LogP contribution in [0, 0.1) is 0 Å². The monoisotopic (exact) mass is 212 g/mol. The van der Waals surface area contributed by atoms with E-state index in [1.54, 1.807) is 6.92 Å². The number of H-pyrrole nitrogens is 1. The van der Waals surface area contributed by atoms with Crippen LogP contribution in [0.4, 0.5) is 0 Å². The number of nitrogens with zero attached hydrogens (tertiary/aromatic N) is 1. The molecule has 0 bridgehead atoms. The second-order valence-electron chi connectivity index (χ2n) is 3.62. The summed E-state index contributed by atoms with van der Waals surface area (Å²) >= 11 is 0. The number of aliphatic hydroxyl groups excluding tert-OH is 1. The van der Waals surface area contributed by atoms with Gasteiger partial charge in [0.1, 0.15) is 6.23 Å². The Hall–Kier alpha value is -1.40. The Kier molecular flexibility index (Phi) is 2.45. The van der Waals surface area contributed by atoms with Crippen molar-refractivity contribution in [3.63, 3.8) is 0 Å². The highest BCUT2D eigenvalue weighted by molar-refractivity contribution is 4.87. The zero-order chi connectivity index (χ0) is 11.0. The molecule has 1 saturated heterocycles. The van der Waals surface area contributed by atoms with Gasteiger partial charge in [-0.3, -0.25) is 14.3 Å². The Bertz CT molecular complexity index is 454. The van der Waals surface area contributed by atoms with E-state index in [2.05, 4.69) is 4.98 Å². The molecule has 0 aromatic carbocycles. The van der Waals surface area contributed by atoms with Crippen LogP contribution in [0.5, 0.6) is 0 Å². The van der Waals surface area contributed by atoms with Crippen LogP contribution in [-0.2, 0) is 4.74 Å². The molecule has 1 aliphatic rings. The fourth-order valence-electron chi connectivity index (χ4n) is 1.63. The molecule has 1 aromatic rings. The molecule has 1 fully saturated rings. The number of nitrogens with one attached hydrogen (secondary N) is 1. The number of aromatic amines is 1. The zero-order valence-corrected chi connectivity index (χ0v) is 8.21. The van der Waals surface area contributed by atoms with Gasteiger partial charge in [-0.25, -0.2) is 4.79 Å². The maximum Gasteiger partial charge on any atom is 0.330 e. The third-order valence-electron chi connectivity index (χ3n) is 2.52. The minimum absolute atomic E-state index is 0.297. The minimum Gasteiger partial charge on any atom is -0.390 e. The fraction of sp³-hybridized carbons (Fsp3) is 0.556. The molecule has 1 aliphatic heterocycles.